The molecule has 0 amide bonds. The Bertz CT molecular complexity index is 1390. The summed E-state index contributed by atoms with van der Waals surface area (Å²) in [5.74, 6) is 0.347. The van der Waals surface area contributed by atoms with Crippen LogP contribution in [0.2, 0.25) is 0 Å². The van der Waals surface area contributed by atoms with Crippen molar-refractivity contribution in [2.45, 2.75) is 52.4 Å². The number of phenols is 1. The molecule has 5 nitrogen and oxygen atoms in total. The number of phenolic OH excluding ortho intramolecular Hbond substituents is 1. The largest absolute Gasteiger partial charge is 0.507 e. The fourth-order valence-corrected chi connectivity index (χ4v) is 4.50. The summed E-state index contributed by atoms with van der Waals surface area (Å²) in [7, 11) is 0. The number of benzene rings is 2. The monoisotopic (exact) mass is 451 g/mol. The number of thiazole rings is 1. The fraction of sp³-hybridized carbons (Fsp3) is 0.320. The van der Waals surface area contributed by atoms with E-state index in [4.69, 9.17) is 0 Å². The Labute approximate surface area is 189 Å². The van der Waals surface area contributed by atoms with Crippen molar-refractivity contribution in [3.63, 3.8) is 0 Å². The first kappa shape index (κ1) is 22.1. The van der Waals surface area contributed by atoms with Crippen molar-refractivity contribution in [3.8, 4) is 17.1 Å². The van der Waals surface area contributed by atoms with Crippen molar-refractivity contribution in [1.82, 2.24) is 14.6 Å². The highest BCUT2D eigenvalue weighted by atomic mass is 32.1. The normalized spacial score (nSPS) is 13.3. The van der Waals surface area contributed by atoms with Gasteiger partial charge in [-0.15, -0.1) is 5.10 Å². The predicted octanol–water partition coefficient (Wildman–Crippen LogP) is 4.81. The molecule has 0 spiro atoms. The Morgan fingerprint density at radius 1 is 1.00 bits per heavy atom. The molecular formula is C25H26FN3O2S. The van der Waals surface area contributed by atoms with Crippen LogP contribution in [-0.2, 0) is 10.8 Å². The predicted molar refractivity (Wildman–Crippen MR) is 127 cm³/mol. The van der Waals surface area contributed by atoms with Crippen LogP contribution in [0, 0.1) is 5.82 Å². The second kappa shape index (κ2) is 7.52. The molecule has 0 saturated heterocycles. The van der Waals surface area contributed by atoms with E-state index in [2.05, 4.69) is 51.6 Å². The first-order valence-corrected chi connectivity index (χ1v) is 11.2. The molecule has 2 aromatic carbocycles. The Hall–Kier alpha value is -3.06. The average molecular weight is 452 g/mol. The molecule has 0 fully saturated rings. The summed E-state index contributed by atoms with van der Waals surface area (Å²) in [6.07, 6.45) is 1.82. The molecule has 4 aromatic rings. The van der Waals surface area contributed by atoms with E-state index in [0.29, 0.717) is 26.6 Å². The van der Waals surface area contributed by atoms with Crippen LogP contribution in [0.4, 0.5) is 4.39 Å². The lowest BCUT2D eigenvalue weighted by atomic mass is 9.78. The molecule has 7 heteroatoms. The quantitative estimate of drug-likeness (QED) is 0.475. The molecule has 0 radical (unpaired) electrons. The van der Waals surface area contributed by atoms with E-state index in [-0.39, 0.29) is 22.2 Å². The number of fused-ring (bicyclic) bond motifs is 1. The van der Waals surface area contributed by atoms with Crippen LogP contribution in [0.25, 0.3) is 22.4 Å². The number of hydrogen-bond acceptors (Lipinski definition) is 5. The highest BCUT2D eigenvalue weighted by Crippen LogP contribution is 2.39. The average Bonchev–Trinajstić information content (AvgIpc) is 3.21. The summed E-state index contributed by atoms with van der Waals surface area (Å²) in [6.45, 7) is 12.3. The van der Waals surface area contributed by atoms with Crippen molar-refractivity contribution in [1.29, 1.82) is 0 Å². The van der Waals surface area contributed by atoms with Gasteiger partial charge in [0.05, 0.1) is 4.53 Å². The topological polar surface area (TPSA) is 67.5 Å². The third-order valence-corrected chi connectivity index (χ3v) is 6.29. The maximum absolute atomic E-state index is 13.2. The van der Waals surface area contributed by atoms with Gasteiger partial charge in [-0.05, 0) is 58.9 Å². The maximum Gasteiger partial charge on any atom is 0.291 e. The summed E-state index contributed by atoms with van der Waals surface area (Å²) in [6, 6.07) is 9.72. The zero-order valence-electron chi connectivity index (χ0n) is 19.0. The summed E-state index contributed by atoms with van der Waals surface area (Å²) in [5, 5.41) is 15.2. The molecule has 1 N–H and O–H groups in total. The smallest absolute Gasteiger partial charge is 0.291 e. The van der Waals surface area contributed by atoms with E-state index in [0.717, 1.165) is 16.7 Å². The van der Waals surface area contributed by atoms with Gasteiger partial charge in [-0.25, -0.2) is 4.39 Å². The Morgan fingerprint density at radius 2 is 1.56 bits per heavy atom. The van der Waals surface area contributed by atoms with Gasteiger partial charge in [0.1, 0.15) is 11.6 Å². The molecular weight excluding hydrogens is 425 g/mol. The summed E-state index contributed by atoms with van der Waals surface area (Å²) >= 11 is 1.25. The first-order valence-electron chi connectivity index (χ1n) is 10.4. The second-order valence-electron chi connectivity index (χ2n) is 10.0. The lowest BCUT2D eigenvalue weighted by Gasteiger charge is -2.27. The number of hydrogen-bond donors (Lipinski definition) is 1. The van der Waals surface area contributed by atoms with Crippen LogP contribution < -0.4 is 10.1 Å². The van der Waals surface area contributed by atoms with Gasteiger partial charge in [0.15, 0.2) is 5.82 Å². The Kier molecular flexibility index (Phi) is 5.20. The van der Waals surface area contributed by atoms with Gasteiger partial charge in [0.25, 0.3) is 5.56 Å². The first-order chi connectivity index (χ1) is 14.8. The van der Waals surface area contributed by atoms with Crippen molar-refractivity contribution in [3.05, 3.63) is 73.8 Å². The van der Waals surface area contributed by atoms with Crippen LogP contribution in [-0.4, -0.2) is 19.7 Å². The van der Waals surface area contributed by atoms with Crippen LogP contribution in [0.3, 0.4) is 0 Å². The number of nitrogens with zero attached hydrogens (tertiary/aromatic N) is 3. The van der Waals surface area contributed by atoms with Crippen molar-refractivity contribution in [2.24, 2.45) is 0 Å². The van der Waals surface area contributed by atoms with Crippen molar-refractivity contribution in [2.75, 3.05) is 0 Å². The Morgan fingerprint density at radius 3 is 2.06 bits per heavy atom. The summed E-state index contributed by atoms with van der Waals surface area (Å²) in [4.78, 5) is 17.9. The number of aromatic nitrogens is 3. The molecule has 0 unspecified atom stereocenters. The molecule has 166 valence electrons. The van der Waals surface area contributed by atoms with Gasteiger partial charge in [-0.1, -0.05) is 52.9 Å². The standard InChI is InChI=1S/C25H26FN3O2S/c1-24(2,3)17-11-14(12-18(20(17)30)25(4,5)6)13-19-22(31)29-23(32-19)27-21(28-29)15-7-9-16(26)10-8-15/h7-13,30H,1-6H3. The van der Waals surface area contributed by atoms with Crippen LogP contribution >= 0.6 is 11.3 Å². The SMILES string of the molecule is CC(C)(C)c1cc(C=c2sc3nc(-c4ccc(F)cc4)nn3c2=O)cc(C(C)(C)C)c1O. The van der Waals surface area contributed by atoms with E-state index in [1.54, 1.807) is 12.1 Å². The molecule has 0 atom stereocenters. The third kappa shape index (κ3) is 4.05. The fourth-order valence-electron chi connectivity index (χ4n) is 3.59. The lowest BCUT2D eigenvalue weighted by Crippen LogP contribution is -2.24. The van der Waals surface area contributed by atoms with Gasteiger partial charge in [-0.2, -0.15) is 9.50 Å². The van der Waals surface area contributed by atoms with Crippen LogP contribution in [0.5, 0.6) is 5.75 Å². The number of rotatable bonds is 2. The van der Waals surface area contributed by atoms with Crippen LogP contribution in [0.15, 0.2) is 41.2 Å². The molecule has 0 aliphatic heterocycles. The molecule has 32 heavy (non-hydrogen) atoms. The van der Waals surface area contributed by atoms with Crippen molar-refractivity contribution >= 4 is 22.4 Å². The van der Waals surface area contributed by atoms with Gasteiger partial charge in [0, 0.05) is 16.7 Å². The molecule has 4 rings (SSSR count). The van der Waals surface area contributed by atoms with Gasteiger partial charge >= 0.3 is 0 Å². The molecule has 0 bridgehead atoms. The number of halogens is 1. The van der Waals surface area contributed by atoms with Gasteiger partial charge in [0.2, 0.25) is 4.96 Å². The van der Waals surface area contributed by atoms with Gasteiger partial charge in [-0.3, -0.25) is 4.79 Å². The molecule has 0 saturated carbocycles. The zero-order valence-corrected chi connectivity index (χ0v) is 19.8. The van der Waals surface area contributed by atoms with E-state index >= 15 is 0 Å². The van der Waals surface area contributed by atoms with Crippen molar-refractivity contribution < 1.29 is 9.50 Å². The minimum atomic E-state index is -0.339. The van der Waals surface area contributed by atoms with E-state index < -0.39 is 0 Å². The minimum Gasteiger partial charge on any atom is -0.507 e. The third-order valence-electron chi connectivity index (χ3n) is 5.33. The lowest BCUT2D eigenvalue weighted by molar-refractivity contribution is 0.423. The van der Waals surface area contributed by atoms with Gasteiger partial charge < -0.3 is 5.11 Å². The van der Waals surface area contributed by atoms with Crippen LogP contribution in [0.1, 0.15) is 58.2 Å². The number of aromatic hydroxyl groups is 1. The molecule has 0 aliphatic carbocycles. The highest BCUT2D eigenvalue weighted by molar-refractivity contribution is 7.15. The minimum absolute atomic E-state index is 0.256. The second-order valence-corrected chi connectivity index (χ2v) is 11.0. The van der Waals surface area contributed by atoms with E-state index in [1.807, 2.05) is 18.2 Å². The molecule has 2 aromatic heterocycles. The van der Waals surface area contributed by atoms with E-state index in [1.165, 1.54) is 28.0 Å². The highest BCUT2D eigenvalue weighted by Gasteiger charge is 2.26. The van der Waals surface area contributed by atoms with E-state index in [9.17, 15) is 14.3 Å². The Balaban J connectivity index is 1.86. The molecule has 2 heterocycles. The molecule has 0 aliphatic rings. The maximum atomic E-state index is 13.2. The summed E-state index contributed by atoms with van der Waals surface area (Å²) in [5.41, 5.74) is 2.39. The zero-order chi connectivity index (χ0) is 23.4. The summed E-state index contributed by atoms with van der Waals surface area (Å²) < 4.78 is 15.0.